The molecule has 1 heterocycles. The molecular formula is C15H16BrNS. The van der Waals surface area contributed by atoms with Gasteiger partial charge in [-0.1, -0.05) is 47.5 Å². The van der Waals surface area contributed by atoms with E-state index in [0.29, 0.717) is 0 Å². The largest absolute Gasteiger partial charge is 0.241 e. The molecule has 0 fully saturated rings. The predicted molar refractivity (Wildman–Crippen MR) is 81.1 cm³/mol. The first-order chi connectivity index (χ1) is 8.78. The molecule has 1 aromatic carbocycles. The molecule has 3 heteroatoms. The quantitative estimate of drug-likeness (QED) is 0.751. The molecule has 1 nitrogen and oxygen atoms in total. The van der Waals surface area contributed by atoms with E-state index in [4.69, 9.17) is 4.98 Å². The van der Waals surface area contributed by atoms with Crippen LogP contribution < -0.4 is 0 Å². The number of halogens is 1. The first kappa shape index (κ1) is 12.4. The highest BCUT2D eigenvalue weighted by atomic mass is 79.9. The van der Waals surface area contributed by atoms with Gasteiger partial charge in [-0.15, -0.1) is 11.3 Å². The highest BCUT2D eigenvalue weighted by molar-refractivity contribution is 9.10. The maximum atomic E-state index is 4.84. The Kier molecular flexibility index (Phi) is 3.53. The second-order valence-corrected chi connectivity index (χ2v) is 6.82. The maximum Gasteiger partial charge on any atom is 0.125 e. The van der Waals surface area contributed by atoms with Gasteiger partial charge in [0.1, 0.15) is 5.01 Å². The fourth-order valence-corrected chi connectivity index (χ4v) is 4.41. The molecule has 0 amide bonds. The summed E-state index contributed by atoms with van der Waals surface area (Å²) >= 11 is 5.50. The Hall–Kier alpha value is -0.670. The van der Waals surface area contributed by atoms with Crippen LogP contribution in [0.1, 0.15) is 30.3 Å². The van der Waals surface area contributed by atoms with E-state index in [-0.39, 0.29) is 0 Å². The molecule has 18 heavy (non-hydrogen) atoms. The zero-order chi connectivity index (χ0) is 12.5. The molecule has 2 aromatic rings. The fourth-order valence-electron chi connectivity index (χ4n) is 2.54. The van der Waals surface area contributed by atoms with Crippen LogP contribution in [0.4, 0.5) is 0 Å². The first-order valence-corrected chi connectivity index (χ1v) is 8.12. The summed E-state index contributed by atoms with van der Waals surface area (Å²) < 4.78 is 1.14. The van der Waals surface area contributed by atoms with Crippen LogP contribution in [0.2, 0.25) is 0 Å². The average Bonchev–Trinajstić information content (AvgIpc) is 2.81. The molecule has 3 rings (SSSR count). The number of nitrogens with zero attached hydrogens (tertiary/aromatic N) is 1. The van der Waals surface area contributed by atoms with Crippen LogP contribution >= 0.6 is 27.3 Å². The Morgan fingerprint density at radius 3 is 3.00 bits per heavy atom. The van der Waals surface area contributed by atoms with Crippen LogP contribution in [0.3, 0.4) is 0 Å². The van der Waals surface area contributed by atoms with Gasteiger partial charge in [-0.2, -0.15) is 0 Å². The normalized spacial score (nSPS) is 18.7. The standard InChI is InChI=1S/C15H16BrNS/c1-2-10-7-8-13-14(9-10)18-15(17-13)11-5-3-4-6-12(11)16/h3-6,10H,2,7-9H2,1H3. The second kappa shape index (κ2) is 5.14. The number of aromatic nitrogens is 1. The minimum atomic E-state index is 0.866. The molecule has 0 saturated carbocycles. The third-order valence-corrected chi connectivity index (χ3v) is 5.57. The summed E-state index contributed by atoms with van der Waals surface area (Å²) in [5.41, 5.74) is 2.57. The van der Waals surface area contributed by atoms with E-state index < -0.39 is 0 Å². The molecule has 0 N–H and O–H groups in total. The fraction of sp³-hybridized carbons (Fsp3) is 0.400. The van der Waals surface area contributed by atoms with Crippen LogP contribution in [0.5, 0.6) is 0 Å². The van der Waals surface area contributed by atoms with Gasteiger partial charge in [-0.25, -0.2) is 4.98 Å². The van der Waals surface area contributed by atoms with Crippen LogP contribution in [-0.4, -0.2) is 4.98 Å². The van der Waals surface area contributed by atoms with Crippen molar-refractivity contribution in [2.24, 2.45) is 5.92 Å². The molecule has 0 bridgehead atoms. The van der Waals surface area contributed by atoms with Crippen molar-refractivity contribution in [1.82, 2.24) is 4.98 Å². The van der Waals surface area contributed by atoms with Gasteiger partial charge in [0.15, 0.2) is 0 Å². The number of thiazole rings is 1. The van der Waals surface area contributed by atoms with Crippen molar-refractivity contribution in [3.63, 3.8) is 0 Å². The number of aryl methyl sites for hydroxylation is 1. The molecule has 1 unspecified atom stereocenters. The molecule has 0 spiro atoms. The van der Waals surface area contributed by atoms with Gasteiger partial charge in [0, 0.05) is 14.9 Å². The number of fused-ring (bicyclic) bond motifs is 1. The van der Waals surface area contributed by atoms with Gasteiger partial charge in [-0.05, 0) is 31.2 Å². The second-order valence-electron chi connectivity index (χ2n) is 4.89. The Morgan fingerprint density at radius 1 is 1.39 bits per heavy atom. The van der Waals surface area contributed by atoms with Gasteiger partial charge < -0.3 is 0 Å². The lowest BCUT2D eigenvalue weighted by atomic mass is 9.89. The Bertz CT molecular complexity index is 561. The summed E-state index contributed by atoms with van der Waals surface area (Å²) in [5, 5.41) is 1.17. The lowest BCUT2D eigenvalue weighted by Gasteiger charge is -2.18. The zero-order valence-electron chi connectivity index (χ0n) is 10.4. The smallest absolute Gasteiger partial charge is 0.125 e. The number of hydrogen-bond donors (Lipinski definition) is 0. The van der Waals surface area contributed by atoms with E-state index in [2.05, 4.69) is 41.1 Å². The first-order valence-electron chi connectivity index (χ1n) is 6.51. The van der Waals surface area contributed by atoms with Crippen LogP contribution in [0.25, 0.3) is 10.6 Å². The Morgan fingerprint density at radius 2 is 2.22 bits per heavy atom. The average molecular weight is 322 g/mol. The lowest BCUT2D eigenvalue weighted by Crippen LogP contribution is -2.11. The summed E-state index contributed by atoms with van der Waals surface area (Å²) in [4.78, 5) is 6.35. The van der Waals surface area contributed by atoms with E-state index in [1.165, 1.54) is 40.4 Å². The zero-order valence-corrected chi connectivity index (χ0v) is 12.9. The number of rotatable bonds is 2. The lowest BCUT2D eigenvalue weighted by molar-refractivity contribution is 0.446. The van der Waals surface area contributed by atoms with Crippen molar-refractivity contribution in [3.05, 3.63) is 39.3 Å². The minimum Gasteiger partial charge on any atom is -0.241 e. The monoisotopic (exact) mass is 321 g/mol. The van der Waals surface area contributed by atoms with E-state index in [1.54, 1.807) is 0 Å². The molecule has 0 aliphatic heterocycles. The summed E-state index contributed by atoms with van der Waals surface area (Å²) in [5.74, 6) is 0.866. The SMILES string of the molecule is CCC1CCc2nc(-c3ccccc3Br)sc2C1. The van der Waals surface area contributed by atoms with Gasteiger partial charge in [0.25, 0.3) is 0 Å². The van der Waals surface area contributed by atoms with Crippen molar-refractivity contribution in [1.29, 1.82) is 0 Å². The molecule has 0 radical (unpaired) electrons. The molecule has 94 valence electrons. The highest BCUT2D eigenvalue weighted by Gasteiger charge is 2.22. The topological polar surface area (TPSA) is 12.9 Å². The van der Waals surface area contributed by atoms with Crippen LogP contribution in [0.15, 0.2) is 28.7 Å². The molecule has 1 aliphatic carbocycles. The molecular weight excluding hydrogens is 306 g/mol. The third kappa shape index (κ3) is 2.26. The van der Waals surface area contributed by atoms with E-state index in [9.17, 15) is 0 Å². The summed E-state index contributed by atoms with van der Waals surface area (Å²) in [6, 6.07) is 8.36. The van der Waals surface area contributed by atoms with Crippen LogP contribution in [0, 0.1) is 5.92 Å². The van der Waals surface area contributed by atoms with E-state index in [1.807, 2.05) is 17.4 Å². The predicted octanol–water partition coefficient (Wildman–Crippen LogP) is 5.09. The van der Waals surface area contributed by atoms with Gasteiger partial charge in [0.2, 0.25) is 0 Å². The summed E-state index contributed by atoms with van der Waals surface area (Å²) in [7, 11) is 0. The van der Waals surface area contributed by atoms with Gasteiger partial charge in [-0.3, -0.25) is 0 Å². The van der Waals surface area contributed by atoms with Gasteiger partial charge >= 0.3 is 0 Å². The third-order valence-electron chi connectivity index (χ3n) is 3.72. The van der Waals surface area contributed by atoms with Crippen molar-refractivity contribution in [2.45, 2.75) is 32.6 Å². The maximum absolute atomic E-state index is 4.84. The van der Waals surface area contributed by atoms with Crippen LogP contribution in [-0.2, 0) is 12.8 Å². The van der Waals surface area contributed by atoms with Crippen molar-refractivity contribution in [3.8, 4) is 10.6 Å². The highest BCUT2D eigenvalue weighted by Crippen LogP contribution is 2.37. The molecule has 1 atom stereocenters. The van der Waals surface area contributed by atoms with Crippen molar-refractivity contribution in [2.75, 3.05) is 0 Å². The Labute approximate surface area is 120 Å². The van der Waals surface area contributed by atoms with Crippen molar-refractivity contribution < 1.29 is 0 Å². The van der Waals surface area contributed by atoms with Gasteiger partial charge in [0.05, 0.1) is 5.69 Å². The van der Waals surface area contributed by atoms with E-state index >= 15 is 0 Å². The summed E-state index contributed by atoms with van der Waals surface area (Å²) in [6.07, 6.45) is 4.99. The molecule has 0 saturated heterocycles. The van der Waals surface area contributed by atoms with E-state index in [0.717, 1.165) is 16.8 Å². The minimum absolute atomic E-state index is 0.866. The molecule has 1 aliphatic rings. The molecule has 1 aromatic heterocycles. The summed E-state index contributed by atoms with van der Waals surface area (Å²) in [6.45, 7) is 2.30. The Balaban J connectivity index is 1.97. The van der Waals surface area contributed by atoms with Crippen molar-refractivity contribution >= 4 is 27.3 Å². The number of benzene rings is 1. The number of hydrogen-bond acceptors (Lipinski definition) is 2.